The van der Waals surface area contributed by atoms with E-state index >= 15 is 0 Å². The highest BCUT2D eigenvalue weighted by atomic mass is 35.5. The maximum Gasteiger partial charge on any atom is 0.232 e. The van der Waals surface area contributed by atoms with Gasteiger partial charge in [0, 0.05) is 11.3 Å². The summed E-state index contributed by atoms with van der Waals surface area (Å²) in [5.74, 6) is 0.632. The third-order valence-electron chi connectivity index (χ3n) is 3.71. The second-order valence-corrected chi connectivity index (χ2v) is 7.94. The van der Waals surface area contributed by atoms with Crippen molar-refractivity contribution >= 4 is 39.2 Å². The zero-order valence-electron chi connectivity index (χ0n) is 15.2. The van der Waals surface area contributed by atoms with Gasteiger partial charge in [-0.3, -0.25) is 9.52 Å². The summed E-state index contributed by atoms with van der Waals surface area (Å²) in [6.45, 7) is 1.55. The standard InChI is InChI=1S/C19H20ClNO5S/c1-4-27(23,24)21-15-8-6-14(7-9-15)17(22)10-5-13-11-16(20)19(26-3)18(12-13)25-2/h5-12,21H,4H2,1-3H3/b10-5+. The molecule has 0 aliphatic rings. The maximum absolute atomic E-state index is 12.3. The van der Waals surface area contributed by atoms with Crippen LogP contribution in [-0.2, 0) is 10.0 Å². The summed E-state index contributed by atoms with van der Waals surface area (Å²) in [6, 6.07) is 9.57. The summed E-state index contributed by atoms with van der Waals surface area (Å²) < 4.78 is 35.9. The first-order valence-corrected chi connectivity index (χ1v) is 10.1. The monoisotopic (exact) mass is 409 g/mol. The molecule has 0 amide bonds. The van der Waals surface area contributed by atoms with E-state index in [0.717, 1.165) is 0 Å². The lowest BCUT2D eigenvalue weighted by atomic mass is 10.1. The maximum atomic E-state index is 12.3. The Kier molecular flexibility index (Phi) is 6.87. The highest BCUT2D eigenvalue weighted by Crippen LogP contribution is 2.36. The van der Waals surface area contributed by atoms with Crippen LogP contribution < -0.4 is 14.2 Å². The molecule has 0 radical (unpaired) electrons. The smallest absolute Gasteiger partial charge is 0.232 e. The zero-order chi connectivity index (χ0) is 20.0. The van der Waals surface area contributed by atoms with E-state index in [4.69, 9.17) is 21.1 Å². The van der Waals surface area contributed by atoms with Crippen molar-refractivity contribution in [3.05, 3.63) is 58.6 Å². The molecule has 8 heteroatoms. The van der Waals surface area contributed by atoms with E-state index in [9.17, 15) is 13.2 Å². The average molecular weight is 410 g/mol. The largest absolute Gasteiger partial charge is 0.493 e. The van der Waals surface area contributed by atoms with Crippen molar-refractivity contribution in [2.45, 2.75) is 6.92 Å². The van der Waals surface area contributed by atoms with Crippen LogP contribution in [0, 0.1) is 0 Å². The van der Waals surface area contributed by atoms with E-state index in [-0.39, 0.29) is 11.5 Å². The molecule has 2 aromatic carbocycles. The third-order valence-corrected chi connectivity index (χ3v) is 5.29. The lowest BCUT2D eigenvalue weighted by molar-refractivity contribution is 0.104. The molecule has 0 aliphatic heterocycles. The predicted octanol–water partition coefficient (Wildman–Crippen LogP) is 4.01. The Morgan fingerprint density at radius 3 is 2.37 bits per heavy atom. The molecule has 2 rings (SSSR count). The second kappa shape index (κ2) is 8.92. The van der Waals surface area contributed by atoms with E-state index in [2.05, 4.69) is 4.72 Å². The summed E-state index contributed by atoms with van der Waals surface area (Å²) in [7, 11) is -0.358. The fourth-order valence-corrected chi connectivity index (χ4v) is 3.19. The second-order valence-electron chi connectivity index (χ2n) is 5.52. The minimum atomic E-state index is -3.35. The van der Waals surface area contributed by atoms with Crippen molar-refractivity contribution in [2.24, 2.45) is 0 Å². The summed E-state index contributed by atoms with van der Waals surface area (Å²) in [6.07, 6.45) is 3.02. The van der Waals surface area contributed by atoms with Gasteiger partial charge in [-0.2, -0.15) is 0 Å². The molecule has 0 bridgehead atoms. The van der Waals surface area contributed by atoms with Crippen molar-refractivity contribution < 1.29 is 22.7 Å². The van der Waals surface area contributed by atoms with Gasteiger partial charge in [0.1, 0.15) is 0 Å². The first-order chi connectivity index (χ1) is 12.8. The molecule has 6 nitrogen and oxygen atoms in total. The molecule has 0 aromatic heterocycles. The van der Waals surface area contributed by atoms with Gasteiger partial charge in [-0.05, 0) is 55.0 Å². The molecule has 0 fully saturated rings. The number of ether oxygens (including phenoxy) is 2. The van der Waals surface area contributed by atoms with E-state index in [1.165, 1.54) is 20.3 Å². The number of ketones is 1. The van der Waals surface area contributed by atoms with Gasteiger partial charge in [0.15, 0.2) is 17.3 Å². The van der Waals surface area contributed by atoms with Crippen LogP contribution in [0.5, 0.6) is 11.5 Å². The van der Waals surface area contributed by atoms with Gasteiger partial charge < -0.3 is 9.47 Å². The Morgan fingerprint density at radius 1 is 1.15 bits per heavy atom. The molecule has 144 valence electrons. The predicted molar refractivity (Wildman–Crippen MR) is 107 cm³/mol. The first kappa shape index (κ1) is 20.8. The Hall–Kier alpha value is -2.51. The van der Waals surface area contributed by atoms with Crippen LogP contribution in [0.1, 0.15) is 22.8 Å². The van der Waals surface area contributed by atoms with Crippen LogP contribution in [0.4, 0.5) is 5.69 Å². The minimum Gasteiger partial charge on any atom is -0.493 e. The molecule has 0 saturated heterocycles. The van der Waals surface area contributed by atoms with Gasteiger partial charge in [0.05, 0.1) is 25.0 Å². The van der Waals surface area contributed by atoms with E-state index in [0.29, 0.717) is 33.3 Å². The highest BCUT2D eigenvalue weighted by molar-refractivity contribution is 7.92. The number of allylic oxidation sites excluding steroid dienone is 1. The lowest BCUT2D eigenvalue weighted by Gasteiger charge is -2.10. The van der Waals surface area contributed by atoms with E-state index in [1.807, 2.05) is 0 Å². The normalized spacial score (nSPS) is 11.4. The molecule has 0 unspecified atom stereocenters. The molecule has 2 aromatic rings. The van der Waals surface area contributed by atoms with Crippen LogP contribution >= 0.6 is 11.6 Å². The van der Waals surface area contributed by atoms with Gasteiger partial charge in [0.2, 0.25) is 10.0 Å². The number of hydrogen-bond donors (Lipinski definition) is 1. The Morgan fingerprint density at radius 2 is 1.81 bits per heavy atom. The number of hydrogen-bond acceptors (Lipinski definition) is 5. The van der Waals surface area contributed by atoms with Gasteiger partial charge >= 0.3 is 0 Å². The third kappa shape index (κ3) is 5.48. The van der Waals surface area contributed by atoms with Crippen molar-refractivity contribution in [2.75, 3.05) is 24.7 Å². The van der Waals surface area contributed by atoms with Gasteiger partial charge in [-0.15, -0.1) is 0 Å². The highest BCUT2D eigenvalue weighted by Gasteiger charge is 2.11. The van der Waals surface area contributed by atoms with E-state index < -0.39 is 10.0 Å². The molecule has 0 aliphatic carbocycles. The van der Waals surface area contributed by atoms with Crippen LogP contribution in [0.3, 0.4) is 0 Å². The fourth-order valence-electron chi connectivity index (χ4n) is 2.26. The summed E-state index contributed by atoms with van der Waals surface area (Å²) in [4.78, 5) is 12.3. The number of anilines is 1. The number of benzene rings is 2. The number of carbonyl (C=O) groups excluding carboxylic acids is 1. The molecular weight excluding hydrogens is 390 g/mol. The molecular formula is C19H20ClNO5S. The van der Waals surface area contributed by atoms with Crippen molar-refractivity contribution in [1.82, 2.24) is 0 Å². The Labute approximate surface area is 163 Å². The van der Waals surface area contributed by atoms with Crippen molar-refractivity contribution in [1.29, 1.82) is 0 Å². The molecule has 1 N–H and O–H groups in total. The molecule has 0 heterocycles. The minimum absolute atomic E-state index is 0.0235. The van der Waals surface area contributed by atoms with E-state index in [1.54, 1.807) is 49.4 Å². The number of halogens is 1. The molecule has 27 heavy (non-hydrogen) atoms. The number of nitrogens with one attached hydrogen (secondary N) is 1. The summed E-state index contributed by atoms with van der Waals surface area (Å²) in [5.41, 5.74) is 1.51. The Balaban J connectivity index is 2.16. The lowest BCUT2D eigenvalue weighted by Crippen LogP contribution is -2.14. The number of carbonyl (C=O) groups is 1. The number of sulfonamides is 1. The van der Waals surface area contributed by atoms with Gasteiger partial charge in [-0.1, -0.05) is 17.7 Å². The zero-order valence-corrected chi connectivity index (χ0v) is 16.7. The van der Waals surface area contributed by atoms with Gasteiger partial charge in [0.25, 0.3) is 0 Å². The van der Waals surface area contributed by atoms with Gasteiger partial charge in [-0.25, -0.2) is 8.42 Å². The number of methoxy groups -OCH3 is 2. The summed E-state index contributed by atoms with van der Waals surface area (Å²) in [5, 5.41) is 0.372. The molecule has 0 saturated carbocycles. The topological polar surface area (TPSA) is 81.7 Å². The Bertz CT molecular complexity index is 953. The molecule has 0 atom stereocenters. The van der Waals surface area contributed by atoms with Crippen LogP contribution in [0.15, 0.2) is 42.5 Å². The fraction of sp³-hybridized carbons (Fsp3) is 0.211. The van der Waals surface area contributed by atoms with Crippen LogP contribution in [-0.4, -0.2) is 34.2 Å². The quantitative estimate of drug-likeness (QED) is 0.526. The average Bonchev–Trinajstić information content (AvgIpc) is 2.65. The molecule has 0 spiro atoms. The van der Waals surface area contributed by atoms with Crippen LogP contribution in [0.25, 0.3) is 6.08 Å². The first-order valence-electron chi connectivity index (χ1n) is 8.04. The van der Waals surface area contributed by atoms with Crippen molar-refractivity contribution in [3.63, 3.8) is 0 Å². The summed E-state index contributed by atoms with van der Waals surface area (Å²) >= 11 is 6.15. The number of rotatable bonds is 8. The SMILES string of the molecule is CCS(=O)(=O)Nc1ccc(C(=O)/C=C/c2cc(Cl)c(OC)c(OC)c2)cc1. The van der Waals surface area contributed by atoms with Crippen LogP contribution in [0.2, 0.25) is 5.02 Å². The van der Waals surface area contributed by atoms with Crippen molar-refractivity contribution in [3.8, 4) is 11.5 Å².